The Morgan fingerprint density at radius 1 is 1.07 bits per heavy atom. The molecule has 1 aliphatic rings. The number of carbonyl (C=O) groups is 1. The first kappa shape index (κ1) is 21.0. The lowest BCUT2D eigenvalue weighted by Crippen LogP contribution is -3.08. The third-order valence-electron chi connectivity index (χ3n) is 4.94. The van der Waals surface area contributed by atoms with E-state index in [1.54, 1.807) is 14.2 Å². The first-order valence-corrected chi connectivity index (χ1v) is 9.84. The van der Waals surface area contributed by atoms with E-state index in [-0.39, 0.29) is 5.91 Å². The van der Waals surface area contributed by atoms with Crippen LogP contribution < -0.4 is 24.6 Å². The van der Waals surface area contributed by atoms with Gasteiger partial charge in [-0.25, -0.2) is 0 Å². The number of nitrogens with zero attached hydrogens (tertiary/aromatic N) is 1. The summed E-state index contributed by atoms with van der Waals surface area (Å²) in [6, 6.07) is 13.8. The molecule has 0 spiro atoms. The van der Waals surface area contributed by atoms with Crippen molar-refractivity contribution in [3.05, 3.63) is 48.0 Å². The van der Waals surface area contributed by atoms with E-state index in [0.29, 0.717) is 24.6 Å². The van der Waals surface area contributed by atoms with Crippen molar-refractivity contribution < 1.29 is 23.9 Å². The highest BCUT2D eigenvalue weighted by Gasteiger charge is 2.14. The number of rotatable bonds is 8. The molecule has 0 aromatic heterocycles. The highest BCUT2D eigenvalue weighted by molar-refractivity contribution is 5.91. The van der Waals surface area contributed by atoms with E-state index in [1.807, 2.05) is 49.5 Å². The van der Waals surface area contributed by atoms with Crippen LogP contribution in [0.1, 0.15) is 5.56 Å². The molecule has 1 saturated heterocycles. The van der Waals surface area contributed by atoms with Gasteiger partial charge >= 0.3 is 0 Å². The molecule has 0 aliphatic carbocycles. The standard InChI is InChI=1S/C22H29N3O4/c1-24(15-17-4-9-20(27-2)21(14-17)28-3)16-22(26)23-18-5-7-19(8-6-18)25-10-12-29-13-11-25/h4-9,14H,10-13,15-16H2,1-3H3,(H,23,26)/p+1. The van der Waals surface area contributed by atoms with Gasteiger partial charge in [-0.05, 0) is 42.5 Å². The summed E-state index contributed by atoms with van der Waals surface area (Å²) < 4.78 is 16.0. The zero-order chi connectivity index (χ0) is 20.6. The van der Waals surface area contributed by atoms with Gasteiger partial charge < -0.3 is 29.3 Å². The fourth-order valence-electron chi connectivity index (χ4n) is 3.46. The molecule has 7 nitrogen and oxygen atoms in total. The number of benzene rings is 2. The maximum atomic E-state index is 12.4. The highest BCUT2D eigenvalue weighted by Crippen LogP contribution is 2.27. The molecule has 29 heavy (non-hydrogen) atoms. The summed E-state index contributed by atoms with van der Waals surface area (Å²) in [6.45, 7) is 4.40. The van der Waals surface area contributed by atoms with Gasteiger partial charge in [0.05, 0.1) is 34.5 Å². The Morgan fingerprint density at radius 3 is 2.41 bits per heavy atom. The highest BCUT2D eigenvalue weighted by atomic mass is 16.5. The molecule has 156 valence electrons. The molecule has 0 saturated carbocycles. The number of anilines is 2. The third kappa shape index (κ3) is 5.85. The number of likely N-dealkylation sites (N-methyl/N-ethyl adjacent to an activating group) is 1. The maximum absolute atomic E-state index is 12.4. The molecule has 0 bridgehead atoms. The second-order valence-electron chi connectivity index (χ2n) is 7.19. The molecule has 7 heteroatoms. The number of morpholine rings is 1. The van der Waals surface area contributed by atoms with E-state index in [2.05, 4.69) is 10.2 Å². The number of hydrogen-bond donors (Lipinski definition) is 2. The first-order valence-electron chi connectivity index (χ1n) is 9.84. The van der Waals surface area contributed by atoms with Crippen LogP contribution in [-0.2, 0) is 16.1 Å². The maximum Gasteiger partial charge on any atom is 0.279 e. The fraction of sp³-hybridized carbons (Fsp3) is 0.409. The molecular weight excluding hydrogens is 370 g/mol. The van der Waals surface area contributed by atoms with Gasteiger partial charge in [0.15, 0.2) is 18.0 Å². The van der Waals surface area contributed by atoms with E-state index < -0.39 is 0 Å². The van der Waals surface area contributed by atoms with Crippen molar-refractivity contribution in [1.82, 2.24) is 0 Å². The molecule has 2 aromatic carbocycles. The predicted octanol–water partition coefficient (Wildman–Crippen LogP) is 1.19. The summed E-state index contributed by atoms with van der Waals surface area (Å²) in [5.41, 5.74) is 3.05. The van der Waals surface area contributed by atoms with Crippen molar-refractivity contribution in [2.45, 2.75) is 6.54 Å². The van der Waals surface area contributed by atoms with Crippen LogP contribution in [0.15, 0.2) is 42.5 Å². The van der Waals surface area contributed by atoms with Crippen LogP contribution >= 0.6 is 0 Å². The van der Waals surface area contributed by atoms with Crippen LogP contribution in [0, 0.1) is 0 Å². The molecule has 1 aliphatic heterocycles. The van der Waals surface area contributed by atoms with Gasteiger partial charge in [0.25, 0.3) is 5.91 Å². The van der Waals surface area contributed by atoms with E-state index in [0.717, 1.165) is 48.1 Å². The van der Waals surface area contributed by atoms with E-state index in [1.165, 1.54) is 0 Å². The van der Waals surface area contributed by atoms with E-state index in [4.69, 9.17) is 14.2 Å². The predicted molar refractivity (Wildman–Crippen MR) is 113 cm³/mol. The number of methoxy groups -OCH3 is 2. The van der Waals surface area contributed by atoms with Gasteiger partial charge in [0.2, 0.25) is 0 Å². The minimum atomic E-state index is -0.0119. The van der Waals surface area contributed by atoms with Crippen LogP contribution in [0.5, 0.6) is 11.5 Å². The molecule has 3 rings (SSSR count). The van der Waals surface area contributed by atoms with Crippen molar-refractivity contribution in [2.75, 3.05) is 64.3 Å². The molecule has 0 radical (unpaired) electrons. The second-order valence-corrected chi connectivity index (χ2v) is 7.19. The lowest BCUT2D eigenvalue weighted by atomic mass is 10.2. The number of nitrogens with one attached hydrogen (secondary N) is 2. The average Bonchev–Trinajstić information content (AvgIpc) is 2.74. The Kier molecular flexibility index (Phi) is 7.32. The average molecular weight is 400 g/mol. The summed E-state index contributed by atoms with van der Waals surface area (Å²) in [6.07, 6.45) is 0. The summed E-state index contributed by atoms with van der Waals surface area (Å²) in [5.74, 6) is 1.39. The molecule has 1 unspecified atom stereocenters. The Balaban J connectivity index is 1.51. The van der Waals surface area contributed by atoms with Gasteiger partial charge in [0, 0.05) is 30.0 Å². The normalized spacial score (nSPS) is 14.9. The lowest BCUT2D eigenvalue weighted by Gasteiger charge is -2.28. The summed E-state index contributed by atoms with van der Waals surface area (Å²) >= 11 is 0. The molecule has 1 heterocycles. The summed E-state index contributed by atoms with van der Waals surface area (Å²) in [7, 11) is 5.24. The van der Waals surface area contributed by atoms with Crippen molar-refractivity contribution in [3.8, 4) is 11.5 Å². The zero-order valence-corrected chi connectivity index (χ0v) is 17.4. The first-order chi connectivity index (χ1) is 14.1. The fourth-order valence-corrected chi connectivity index (χ4v) is 3.46. The third-order valence-corrected chi connectivity index (χ3v) is 4.94. The van der Waals surface area contributed by atoms with Crippen LogP contribution in [0.4, 0.5) is 11.4 Å². The van der Waals surface area contributed by atoms with Gasteiger partial charge in [-0.15, -0.1) is 0 Å². The Morgan fingerprint density at radius 2 is 1.76 bits per heavy atom. The van der Waals surface area contributed by atoms with Gasteiger partial charge in [0.1, 0.15) is 6.54 Å². The molecule has 1 amide bonds. The summed E-state index contributed by atoms with van der Waals surface area (Å²) in [5, 5.41) is 2.98. The number of amides is 1. The molecule has 2 aromatic rings. The van der Waals surface area contributed by atoms with Crippen LogP contribution in [0.3, 0.4) is 0 Å². The van der Waals surface area contributed by atoms with Crippen molar-refractivity contribution in [2.24, 2.45) is 0 Å². The lowest BCUT2D eigenvalue weighted by molar-refractivity contribution is -0.885. The quantitative estimate of drug-likeness (QED) is 0.697. The number of ether oxygens (including phenoxy) is 3. The SMILES string of the molecule is COc1ccc(C[NH+](C)CC(=O)Nc2ccc(N3CCOCC3)cc2)cc1OC. The van der Waals surface area contributed by atoms with Gasteiger partial charge in [-0.3, -0.25) is 4.79 Å². The summed E-state index contributed by atoms with van der Waals surface area (Å²) in [4.78, 5) is 15.8. The monoisotopic (exact) mass is 400 g/mol. The number of quaternary nitrogens is 1. The van der Waals surface area contributed by atoms with Crippen molar-refractivity contribution in [3.63, 3.8) is 0 Å². The molecule has 1 fully saturated rings. The molecule has 1 atom stereocenters. The smallest absolute Gasteiger partial charge is 0.279 e. The van der Waals surface area contributed by atoms with Crippen LogP contribution in [-0.4, -0.2) is 60.0 Å². The van der Waals surface area contributed by atoms with Crippen molar-refractivity contribution in [1.29, 1.82) is 0 Å². The largest absolute Gasteiger partial charge is 0.493 e. The van der Waals surface area contributed by atoms with Crippen LogP contribution in [0.2, 0.25) is 0 Å². The van der Waals surface area contributed by atoms with E-state index in [9.17, 15) is 4.79 Å². The molecule has 2 N–H and O–H groups in total. The van der Waals surface area contributed by atoms with E-state index >= 15 is 0 Å². The topological polar surface area (TPSA) is 64.5 Å². The Hall–Kier alpha value is -2.77. The molecular formula is C22H30N3O4+. The van der Waals surface area contributed by atoms with Gasteiger partial charge in [-0.2, -0.15) is 0 Å². The number of hydrogen-bond acceptors (Lipinski definition) is 5. The minimum absolute atomic E-state index is 0.0119. The van der Waals surface area contributed by atoms with Crippen LogP contribution in [0.25, 0.3) is 0 Å². The number of carbonyl (C=O) groups excluding carboxylic acids is 1. The van der Waals surface area contributed by atoms with Gasteiger partial charge in [-0.1, -0.05) is 0 Å². The minimum Gasteiger partial charge on any atom is -0.493 e. The van der Waals surface area contributed by atoms with Crippen molar-refractivity contribution >= 4 is 17.3 Å². The Bertz CT molecular complexity index is 804. The Labute approximate surface area is 172 Å². The second kappa shape index (κ2) is 10.1. The zero-order valence-electron chi connectivity index (χ0n) is 17.4.